The van der Waals surface area contributed by atoms with Gasteiger partial charge in [0.1, 0.15) is 0 Å². The van der Waals surface area contributed by atoms with Crippen molar-refractivity contribution in [3.63, 3.8) is 0 Å². The highest BCUT2D eigenvalue weighted by Crippen LogP contribution is 2.30. The van der Waals surface area contributed by atoms with E-state index in [0.29, 0.717) is 12.0 Å². The Hall–Kier alpha value is -2.14. The van der Waals surface area contributed by atoms with Crippen molar-refractivity contribution in [3.8, 4) is 0 Å². The fraction of sp³-hybridized carbons (Fsp3) is 0.524. The minimum atomic E-state index is 0.159. The minimum absolute atomic E-state index is 0.159. The molecule has 3 aliphatic heterocycles. The molecule has 0 radical (unpaired) electrons. The first-order valence-corrected chi connectivity index (χ1v) is 9.60. The number of nitrogens with zero attached hydrogens (tertiary/aromatic N) is 4. The van der Waals surface area contributed by atoms with Gasteiger partial charge >= 0.3 is 0 Å². The lowest BCUT2D eigenvalue weighted by atomic mass is 9.94. The van der Waals surface area contributed by atoms with Crippen LogP contribution in [0, 0.1) is 19.8 Å². The average Bonchev–Trinajstić information content (AvgIpc) is 2.81. The van der Waals surface area contributed by atoms with Gasteiger partial charge in [0.2, 0.25) is 0 Å². The number of amides is 1. The fourth-order valence-electron chi connectivity index (χ4n) is 4.60. The Morgan fingerprint density at radius 1 is 1.12 bits per heavy atom. The Labute approximate surface area is 155 Å². The molecule has 1 amide bonds. The zero-order valence-corrected chi connectivity index (χ0v) is 16.0. The van der Waals surface area contributed by atoms with E-state index in [2.05, 4.69) is 45.2 Å². The molecule has 0 aliphatic carbocycles. The van der Waals surface area contributed by atoms with Crippen LogP contribution in [0.25, 0.3) is 0 Å². The van der Waals surface area contributed by atoms with E-state index < -0.39 is 0 Å². The third kappa shape index (κ3) is 3.16. The number of piperidine rings is 1. The third-order valence-electron chi connectivity index (χ3n) is 6.07. The molecule has 0 N–H and O–H groups in total. The van der Waals surface area contributed by atoms with Crippen molar-refractivity contribution in [2.75, 3.05) is 19.6 Å². The number of carbonyl (C=O) groups excluding carboxylic acids is 1. The zero-order chi connectivity index (χ0) is 18.3. The van der Waals surface area contributed by atoms with Gasteiger partial charge in [-0.25, -0.2) is 0 Å². The fourth-order valence-corrected chi connectivity index (χ4v) is 4.60. The van der Waals surface area contributed by atoms with E-state index in [9.17, 15) is 4.79 Å². The topological polar surface area (TPSA) is 41.4 Å². The Kier molecular flexibility index (Phi) is 4.57. The van der Waals surface area contributed by atoms with Crippen LogP contribution in [0.3, 0.4) is 0 Å². The van der Waals surface area contributed by atoms with Gasteiger partial charge in [0.15, 0.2) is 0 Å². The maximum Gasteiger partial charge on any atom is 0.257 e. The van der Waals surface area contributed by atoms with Gasteiger partial charge < -0.3 is 4.90 Å². The van der Waals surface area contributed by atoms with Gasteiger partial charge in [-0.1, -0.05) is 30.3 Å². The summed E-state index contributed by atoms with van der Waals surface area (Å²) in [5.74, 6) is 0.727. The van der Waals surface area contributed by atoms with Crippen molar-refractivity contribution in [2.24, 2.45) is 13.0 Å². The lowest BCUT2D eigenvalue weighted by Gasteiger charge is -2.36. The monoisotopic (exact) mass is 352 g/mol. The van der Waals surface area contributed by atoms with Crippen molar-refractivity contribution < 1.29 is 4.79 Å². The molecule has 3 aliphatic rings. The molecule has 2 aromatic rings. The second kappa shape index (κ2) is 6.88. The summed E-state index contributed by atoms with van der Waals surface area (Å²) in [5, 5.41) is 4.43. The normalized spacial score (nSPS) is 23.3. The maximum atomic E-state index is 13.2. The molecule has 3 fully saturated rings. The molecule has 0 saturated carbocycles. The number of hydrogen-bond acceptors (Lipinski definition) is 3. The summed E-state index contributed by atoms with van der Waals surface area (Å²) in [7, 11) is 1.91. The van der Waals surface area contributed by atoms with Gasteiger partial charge in [-0.3, -0.25) is 14.4 Å². The summed E-state index contributed by atoms with van der Waals surface area (Å²) in [4.78, 5) is 17.9. The molecule has 5 heteroatoms. The largest absolute Gasteiger partial charge is 0.337 e. The molecule has 5 rings (SSSR count). The molecule has 0 unspecified atom stereocenters. The number of benzene rings is 1. The number of aryl methyl sites for hydroxylation is 2. The van der Waals surface area contributed by atoms with Crippen molar-refractivity contribution in [1.82, 2.24) is 19.6 Å². The third-order valence-corrected chi connectivity index (χ3v) is 6.07. The quantitative estimate of drug-likeness (QED) is 0.853. The van der Waals surface area contributed by atoms with Gasteiger partial charge in [0.25, 0.3) is 5.91 Å². The Morgan fingerprint density at radius 2 is 1.88 bits per heavy atom. The minimum Gasteiger partial charge on any atom is -0.337 e. The van der Waals surface area contributed by atoms with Gasteiger partial charge in [-0.05, 0) is 38.2 Å². The standard InChI is InChI=1S/C21H28N4O/c1-15-20(16(2)23(3)22-15)21(26)25-13-18-9-10-19(14-25)24(12-18)11-17-7-5-4-6-8-17/h4-8,18-19H,9-14H2,1-3H3/t18-,19-/m1/s1. The summed E-state index contributed by atoms with van der Waals surface area (Å²) in [6.07, 6.45) is 2.41. The molecule has 4 heterocycles. The van der Waals surface area contributed by atoms with Crippen LogP contribution in [-0.4, -0.2) is 51.2 Å². The molecule has 26 heavy (non-hydrogen) atoms. The first-order chi connectivity index (χ1) is 12.5. The van der Waals surface area contributed by atoms with Gasteiger partial charge in [0, 0.05) is 45.0 Å². The van der Waals surface area contributed by atoms with Crippen LogP contribution < -0.4 is 0 Å². The molecule has 1 aromatic heterocycles. The van der Waals surface area contributed by atoms with Crippen LogP contribution in [0.4, 0.5) is 0 Å². The van der Waals surface area contributed by atoms with Crippen LogP contribution in [-0.2, 0) is 13.6 Å². The molecule has 2 atom stereocenters. The molecule has 3 saturated heterocycles. The van der Waals surface area contributed by atoms with Crippen molar-refractivity contribution in [3.05, 3.63) is 52.8 Å². The number of carbonyl (C=O) groups is 1. The molecule has 5 nitrogen and oxygen atoms in total. The smallest absolute Gasteiger partial charge is 0.257 e. The first-order valence-electron chi connectivity index (χ1n) is 9.60. The Bertz CT molecular complexity index is 798. The Morgan fingerprint density at radius 3 is 2.58 bits per heavy atom. The number of rotatable bonds is 3. The highest BCUT2D eigenvalue weighted by atomic mass is 16.2. The molecular weight excluding hydrogens is 324 g/mol. The highest BCUT2D eigenvalue weighted by molar-refractivity contribution is 5.96. The molecular formula is C21H28N4O. The van der Waals surface area contributed by atoms with E-state index in [1.54, 1.807) is 0 Å². The summed E-state index contributed by atoms with van der Waals surface area (Å²) < 4.78 is 1.82. The van der Waals surface area contributed by atoms with Crippen molar-refractivity contribution in [2.45, 2.75) is 39.3 Å². The zero-order valence-electron chi connectivity index (χ0n) is 16.0. The van der Waals surface area contributed by atoms with Crippen LogP contribution in [0.1, 0.15) is 40.2 Å². The van der Waals surface area contributed by atoms with Crippen molar-refractivity contribution in [1.29, 1.82) is 0 Å². The summed E-state index contributed by atoms with van der Waals surface area (Å²) >= 11 is 0. The van der Waals surface area contributed by atoms with E-state index in [1.165, 1.54) is 18.4 Å². The van der Waals surface area contributed by atoms with Gasteiger partial charge in [-0.15, -0.1) is 0 Å². The summed E-state index contributed by atoms with van der Waals surface area (Å²) in [6, 6.07) is 11.1. The lowest BCUT2D eigenvalue weighted by Crippen LogP contribution is -2.44. The number of hydrogen-bond donors (Lipinski definition) is 0. The SMILES string of the molecule is Cc1nn(C)c(C)c1C(=O)N1C[C@@H]2CC[C@H](C1)N(Cc1ccccc1)C2. The molecule has 2 bridgehead atoms. The lowest BCUT2D eigenvalue weighted by molar-refractivity contribution is 0.0734. The van der Waals surface area contributed by atoms with E-state index in [-0.39, 0.29) is 5.91 Å². The van der Waals surface area contributed by atoms with Gasteiger partial charge in [0.05, 0.1) is 11.3 Å². The highest BCUT2D eigenvalue weighted by Gasteiger charge is 2.37. The van der Waals surface area contributed by atoms with Crippen LogP contribution in [0.5, 0.6) is 0 Å². The van der Waals surface area contributed by atoms with Crippen molar-refractivity contribution >= 4 is 5.91 Å². The predicted octanol–water partition coefficient (Wildman–Crippen LogP) is 2.77. The molecule has 138 valence electrons. The molecule has 0 spiro atoms. The number of fused-ring (bicyclic) bond motifs is 4. The predicted molar refractivity (Wildman–Crippen MR) is 102 cm³/mol. The van der Waals surface area contributed by atoms with E-state index >= 15 is 0 Å². The first kappa shape index (κ1) is 17.3. The summed E-state index contributed by atoms with van der Waals surface area (Å²) in [5.41, 5.74) is 3.96. The van der Waals surface area contributed by atoms with Crippen LogP contribution >= 0.6 is 0 Å². The van der Waals surface area contributed by atoms with Crippen LogP contribution in [0.2, 0.25) is 0 Å². The number of aromatic nitrogens is 2. The van der Waals surface area contributed by atoms with E-state index in [0.717, 1.165) is 43.1 Å². The summed E-state index contributed by atoms with van der Waals surface area (Å²) in [6.45, 7) is 7.70. The van der Waals surface area contributed by atoms with E-state index in [4.69, 9.17) is 0 Å². The second-order valence-electron chi connectivity index (χ2n) is 7.89. The Balaban J connectivity index is 1.53. The average molecular weight is 352 g/mol. The molecule has 1 aromatic carbocycles. The van der Waals surface area contributed by atoms with Gasteiger partial charge in [-0.2, -0.15) is 5.10 Å². The second-order valence-corrected chi connectivity index (χ2v) is 7.89. The van der Waals surface area contributed by atoms with E-state index in [1.807, 2.05) is 25.6 Å². The van der Waals surface area contributed by atoms with Crippen LogP contribution in [0.15, 0.2) is 30.3 Å². The maximum absolute atomic E-state index is 13.2.